The predicted molar refractivity (Wildman–Crippen MR) is 54.6 cm³/mol. The molecule has 0 radical (unpaired) electrons. The number of carbonyl (C=O) groups excluding carboxylic acids is 1. The van der Waals surface area contributed by atoms with Crippen molar-refractivity contribution in [1.82, 2.24) is 9.97 Å². The van der Waals surface area contributed by atoms with E-state index < -0.39 is 9.84 Å². The van der Waals surface area contributed by atoms with Gasteiger partial charge in [0.15, 0.2) is 21.9 Å². The number of nitrogens with one attached hydrogen (secondary N) is 1. The number of sulfone groups is 1. The van der Waals surface area contributed by atoms with Crippen LogP contribution in [0.4, 0.5) is 0 Å². The van der Waals surface area contributed by atoms with Crippen LogP contribution in [0.3, 0.4) is 0 Å². The van der Waals surface area contributed by atoms with E-state index in [0.717, 1.165) is 6.26 Å². The molecule has 0 saturated carbocycles. The fraction of sp³-hybridized carbons (Fsp3) is 0.111. The van der Waals surface area contributed by atoms with Crippen LogP contribution in [0.15, 0.2) is 23.1 Å². The normalized spacial score (nSPS) is 11.8. The number of aromatic nitrogens is 2. The molecule has 0 aliphatic rings. The molecular weight excluding hydrogens is 216 g/mol. The monoisotopic (exact) mass is 224 g/mol. The second-order valence-electron chi connectivity index (χ2n) is 3.19. The van der Waals surface area contributed by atoms with Gasteiger partial charge >= 0.3 is 0 Å². The number of carbonyl (C=O) groups is 1. The van der Waals surface area contributed by atoms with Crippen molar-refractivity contribution in [2.45, 2.75) is 4.90 Å². The van der Waals surface area contributed by atoms with Crippen LogP contribution in [0, 0.1) is 0 Å². The molecular formula is C9H8N2O3S. The molecule has 5 nitrogen and oxygen atoms in total. The minimum Gasteiger partial charge on any atom is -0.336 e. The molecule has 6 heteroatoms. The van der Waals surface area contributed by atoms with Gasteiger partial charge in [0.1, 0.15) is 0 Å². The van der Waals surface area contributed by atoms with Crippen molar-refractivity contribution in [1.29, 1.82) is 0 Å². The summed E-state index contributed by atoms with van der Waals surface area (Å²) in [6.07, 6.45) is 1.71. The van der Waals surface area contributed by atoms with Crippen LogP contribution in [0.1, 0.15) is 10.6 Å². The molecule has 2 aromatic rings. The van der Waals surface area contributed by atoms with E-state index in [1.165, 1.54) is 12.1 Å². The molecule has 0 bridgehead atoms. The van der Waals surface area contributed by atoms with Gasteiger partial charge in [0, 0.05) is 6.26 Å². The van der Waals surface area contributed by atoms with Crippen molar-refractivity contribution in [3.05, 3.63) is 24.0 Å². The maximum atomic E-state index is 11.2. The first-order valence-corrected chi connectivity index (χ1v) is 6.05. The molecule has 0 spiro atoms. The largest absolute Gasteiger partial charge is 0.336 e. The van der Waals surface area contributed by atoms with Crippen LogP contribution in [-0.2, 0) is 9.84 Å². The number of fused-ring (bicyclic) bond motifs is 1. The molecule has 0 fully saturated rings. The smallest absolute Gasteiger partial charge is 0.185 e. The van der Waals surface area contributed by atoms with Gasteiger partial charge in [0.2, 0.25) is 0 Å². The molecule has 1 heterocycles. The predicted octanol–water partition coefficient (Wildman–Crippen LogP) is 0.779. The summed E-state index contributed by atoms with van der Waals surface area (Å²) >= 11 is 0. The van der Waals surface area contributed by atoms with Crippen molar-refractivity contribution in [3.8, 4) is 0 Å². The topological polar surface area (TPSA) is 79.9 Å². The second-order valence-corrected chi connectivity index (χ2v) is 5.21. The highest BCUT2D eigenvalue weighted by atomic mass is 32.2. The van der Waals surface area contributed by atoms with Crippen molar-refractivity contribution in [2.75, 3.05) is 6.26 Å². The van der Waals surface area contributed by atoms with Crippen molar-refractivity contribution < 1.29 is 13.2 Å². The molecule has 0 amide bonds. The Morgan fingerprint density at radius 3 is 2.73 bits per heavy atom. The number of aromatic amines is 1. The highest BCUT2D eigenvalue weighted by Crippen LogP contribution is 2.16. The molecule has 0 saturated heterocycles. The first-order chi connectivity index (χ1) is 7.00. The summed E-state index contributed by atoms with van der Waals surface area (Å²) in [4.78, 5) is 17.3. The highest BCUT2D eigenvalue weighted by molar-refractivity contribution is 7.90. The van der Waals surface area contributed by atoms with Gasteiger partial charge in [-0.2, -0.15) is 0 Å². The maximum absolute atomic E-state index is 11.2. The summed E-state index contributed by atoms with van der Waals surface area (Å²) in [7, 11) is -3.23. The maximum Gasteiger partial charge on any atom is 0.185 e. The van der Waals surface area contributed by atoms with E-state index in [1.807, 2.05) is 0 Å². The lowest BCUT2D eigenvalue weighted by Crippen LogP contribution is -1.96. The van der Waals surface area contributed by atoms with E-state index in [0.29, 0.717) is 17.3 Å². The van der Waals surface area contributed by atoms with Gasteiger partial charge < -0.3 is 4.98 Å². The number of hydrogen-bond donors (Lipinski definition) is 1. The summed E-state index contributed by atoms with van der Waals surface area (Å²) in [5.74, 6) is 0.190. The van der Waals surface area contributed by atoms with E-state index in [4.69, 9.17) is 0 Å². The van der Waals surface area contributed by atoms with E-state index in [-0.39, 0.29) is 10.7 Å². The summed E-state index contributed by atoms with van der Waals surface area (Å²) in [6.45, 7) is 0. The number of rotatable bonds is 2. The van der Waals surface area contributed by atoms with Gasteiger partial charge in [-0.1, -0.05) is 0 Å². The molecule has 78 valence electrons. The van der Waals surface area contributed by atoms with E-state index in [1.54, 1.807) is 6.07 Å². The molecule has 1 aromatic heterocycles. The fourth-order valence-corrected chi connectivity index (χ4v) is 1.94. The summed E-state index contributed by atoms with van der Waals surface area (Å²) < 4.78 is 22.5. The van der Waals surface area contributed by atoms with Gasteiger partial charge in [0.05, 0.1) is 15.9 Å². The highest BCUT2D eigenvalue weighted by Gasteiger charge is 2.09. The van der Waals surface area contributed by atoms with Crippen molar-refractivity contribution >= 4 is 27.2 Å². The van der Waals surface area contributed by atoms with Gasteiger partial charge in [-0.25, -0.2) is 13.4 Å². The molecule has 0 atom stereocenters. The lowest BCUT2D eigenvalue weighted by Gasteiger charge is -1.96. The molecule has 2 rings (SSSR count). The molecule has 0 unspecified atom stereocenters. The second kappa shape index (κ2) is 3.16. The third-order valence-corrected chi connectivity index (χ3v) is 3.12. The van der Waals surface area contributed by atoms with E-state index in [9.17, 15) is 13.2 Å². The first-order valence-electron chi connectivity index (χ1n) is 4.16. The number of imidazole rings is 1. The van der Waals surface area contributed by atoms with Crippen LogP contribution in [0.5, 0.6) is 0 Å². The molecule has 1 N–H and O–H groups in total. The van der Waals surface area contributed by atoms with Gasteiger partial charge in [-0.05, 0) is 18.2 Å². The Kier molecular flexibility index (Phi) is 2.08. The standard InChI is InChI=1S/C9H8N2O3S/c1-15(13,14)6-2-3-7-8(4-6)11-9(5-12)10-7/h2-5H,1H3,(H,10,11). The van der Waals surface area contributed by atoms with Gasteiger partial charge in [0.25, 0.3) is 0 Å². The molecule has 15 heavy (non-hydrogen) atoms. The third-order valence-electron chi connectivity index (χ3n) is 2.01. The lowest BCUT2D eigenvalue weighted by molar-refractivity contribution is 0.111. The number of aldehydes is 1. The van der Waals surface area contributed by atoms with Crippen LogP contribution < -0.4 is 0 Å². The number of benzene rings is 1. The fourth-order valence-electron chi connectivity index (χ4n) is 1.29. The lowest BCUT2D eigenvalue weighted by atomic mass is 10.3. The Morgan fingerprint density at radius 2 is 2.13 bits per heavy atom. The van der Waals surface area contributed by atoms with Crippen LogP contribution >= 0.6 is 0 Å². The van der Waals surface area contributed by atoms with E-state index in [2.05, 4.69) is 9.97 Å². The Balaban J connectivity index is 2.71. The number of hydrogen-bond acceptors (Lipinski definition) is 4. The molecule has 1 aromatic carbocycles. The SMILES string of the molecule is CS(=O)(=O)c1ccc2nc(C=O)[nH]c2c1. The van der Waals surface area contributed by atoms with Crippen LogP contribution in [0.25, 0.3) is 11.0 Å². The molecule has 0 aliphatic heterocycles. The Hall–Kier alpha value is -1.69. The first kappa shape index (κ1) is 9.85. The minimum atomic E-state index is -3.23. The Labute approximate surface area is 86.1 Å². The van der Waals surface area contributed by atoms with Gasteiger partial charge in [-0.3, -0.25) is 4.79 Å². The number of nitrogens with zero attached hydrogens (tertiary/aromatic N) is 1. The van der Waals surface area contributed by atoms with Gasteiger partial charge in [-0.15, -0.1) is 0 Å². The van der Waals surface area contributed by atoms with E-state index >= 15 is 0 Å². The summed E-state index contributed by atoms with van der Waals surface area (Å²) in [5, 5.41) is 0. The Morgan fingerprint density at radius 1 is 1.40 bits per heavy atom. The van der Waals surface area contributed by atoms with Crippen LogP contribution in [-0.4, -0.2) is 30.9 Å². The zero-order chi connectivity index (χ0) is 11.1. The number of H-pyrrole nitrogens is 1. The van der Waals surface area contributed by atoms with Crippen molar-refractivity contribution in [3.63, 3.8) is 0 Å². The minimum absolute atomic E-state index is 0.190. The van der Waals surface area contributed by atoms with Crippen molar-refractivity contribution in [2.24, 2.45) is 0 Å². The quantitative estimate of drug-likeness (QED) is 0.764. The summed E-state index contributed by atoms with van der Waals surface area (Å²) in [5.41, 5.74) is 1.12. The zero-order valence-corrected chi connectivity index (χ0v) is 8.71. The molecule has 0 aliphatic carbocycles. The van der Waals surface area contributed by atoms with Crippen LogP contribution in [0.2, 0.25) is 0 Å². The zero-order valence-electron chi connectivity index (χ0n) is 7.89. The average molecular weight is 224 g/mol. The third kappa shape index (κ3) is 1.75. The Bertz CT molecular complexity index is 628. The average Bonchev–Trinajstić information content (AvgIpc) is 2.57. The summed E-state index contributed by atoms with van der Waals surface area (Å²) in [6, 6.07) is 4.49.